The minimum atomic E-state index is -4.21. The number of carbonyl (C=O) groups excluding carboxylic acids is 2. The van der Waals surface area contributed by atoms with Gasteiger partial charge in [-0.1, -0.05) is 0 Å². The Bertz CT molecular complexity index is 2670. The molecule has 2 atom stereocenters. The average Bonchev–Trinajstić information content (AvgIpc) is 4.10. The average molecular weight is 941 g/mol. The van der Waals surface area contributed by atoms with Gasteiger partial charge < -0.3 is 20.0 Å². The molecule has 28 heteroatoms. The Balaban J connectivity index is 0.000000191. The van der Waals surface area contributed by atoms with Gasteiger partial charge in [0, 0.05) is 61.4 Å². The van der Waals surface area contributed by atoms with E-state index in [1.54, 1.807) is 0 Å². The van der Waals surface area contributed by atoms with Crippen LogP contribution in [0, 0.1) is 11.6 Å². The number of halogens is 6. The van der Waals surface area contributed by atoms with Crippen LogP contribution in [0.2, 0.25) is 0 Å². The van der Waals surface area contributed by atoms with Crippen molar-refractivity contribution < 1.29 is 63.0 Å². The third-order valence-corrected chi connectivity index (χ3v) is 12.7. The van der Waals surface area contributed by atoms with Gasteiger partial charge >= 0.3 is 20.0 Å². The van der Waals surface area contributed by atoms with Crippen molar-refractivity contribution in [2.75, 3.05) is 13.2 Å². The van der Waals surface area contributed by atoms with Crippen LogP contribution in [0.25, 0.3) is 0 Å². The Morgan fingerprint density at radius 1 is 0.609 bits per heavy atom. The van der Waals surface area contributed by atoms with Crippen LogP contribution in [-0.4, -0.2) is 123 Å². The Kier molecular flexibility index (Phi) is 13.0. The standard InChI is InChI=1S/2C18H17F3N6O4S/c2*19-13-2-1-4-22-17(13)12(10-28)18(29)25-6-11-7-27(23-14(11)8-25)32(30,31)16-3-5-26(24-16)9-15(20)21/h2*1-5,7,12,15,28H,6,8-10H2/t2*12-/m10/s1. The maximum Gasteiger partial charge on any atom is 0.302 e. The SMILES string of the molecule is O=C([C@@H](CO)c1ncccc1F)N1Cc2cn(S(=O)(=O)c3ccn(CC(F)F)n3)nc2C1.O=C([C@H](CO)c1ncccc1F)N1Cc2cn(S(=O)(=O)c3ccn(CC(F)F)n3)nc2C1. The van der Waals surface area contributed by atoms with Crippen LogP contribution in [0.1, 0.15) is 45.7 Å². The lowest BCUT2D eigenvalue weighted by Gasteiger charge is -2.21. The number of pyridine rings is 2. The largest absolute Gasteiger partial charge is 0.395 e. The molecule has 2 amide bonds. The van der Waals surface area contributed by atoms with Gasteiger partial charge in [0.05, 0.1) is 49.1 Å². The molecule has 20 nitrogen and oxygen atoms in total. The second-order valence-corrected chi connectivity index (χ2v) is 17.6. The molecule has 6 aromatic heterocycles. The van der Waals surface area contributed by atoms with Crippen molar-refractivity contribution >= 4 is 31.9 Å². The van der Waals surface area contributed by atoms with Crippen molar-refractivity contribution in [3.8, 4) is 0 Å². The highest BCUT2D eigenvalue weighted by Crippen LogP contribution is 2.30. The highest BCUT2D eigenvalue weighted by molar-refractivity contribution is 7.90. The number of alkyl halides is 4. The van der Waals surface area contributed by atoms with E-state index in [0.717, 1.165) is 46.0 Å². The zero-order valence-corrected chi connectivity index (χ0v) is 34.3. The summed E-state index contributed by atoms with van der Waals surface area (Å²) in [5.41, 5.74) is 1.10. The first-order valence-corrected chi connectivity index (χ1v) is 21.6. The number of amides is 2. The molecule has 0 fully saturated rings. The molecule has 2 N–H and O–H groups in total. The number of hydrogen-bond acceptors (Lipinski definition) is 14. The molecule has 64 heavy (non-hydrogen) atoms. The summed E-state index contributed by atoms with van der Waals surface area (Å²) in [4.78, 5) is 35.9. The molecular weight excluding hydrogens is 907 g/mol. The van der Waals surface area contributed by atoms with Crippen LogP contribution in [0.3, 0.4) is 0 Å². The highest BCUT2D eigenvalue weighted by Gasteiger charge is 2.37. The number of fused-ring (bicyclic) bond motifs is 2. The second kappa shape index (κ2) is 18.3. The number of rotatable bonds is 14. The summed E-state index contributed by atoms with van der Waals surface area (Å²) in [6, 6.07) is 7.18. The Morgan fingerprint density at radius 3 is 1.33 bits per heavy atom. The molecule has 0 saturated carbocycles. The van der Waals surface area contributed by atoms with Crippen molar-refractivity contribution in [1.82, 2.24) is 57.7 Å². The fourth-order valence-corrected chi connectivity index (χ4v) is 8.97. The summed E-state index contributed by atoms with van der Waals surface area (Å²) in [7, 11) is -8.43. The van der Waals surface area contributed by atoms with Crippen LogP contribution in [-0.2, 0) is 68.9 Å². The quantitative estimate of drug-likeness (QED) is 0.147. The van der Waals surface area contributed by atoms with Gasteiger partial charge in [-0.25, -0.2) is 26.3 Å². The summed E-state index contributed by atoms with van der Waals surface area (Å²) in [5.74, 6) is -5.03. The van der Waals surface area contributed by atoms with Crippen molar-refractivity contribution in [3.05, 3.63) is 119 Å². The smallest absolute Gasteiger partial charge is 0.302 e. The number of aromatic nitrogens is 10. The number of nitrogens with zero attached hydrogens (tertiary/aromatic N) is 12. The number of aliphatic hydroxyl groups excluding tert-OH is 2. The molecule has 0 unspecified atom stereocenters. The second-order valence-electron chi connectivity index (χ2n) is 14.1. The fraction of sp³-hybridized carbons (Fsp3) is 0.333. The van der Waals surface area contributed by atoms with Crippen molar-refractivity contribution in [1.29, 1.82) is 0 Å². The van der Waals surface area contributed by atoms with Crippen LogP contribution < -0.4 is 0 Å². The zero-order valence-electron chi connectivity index (χ0n) is 32.7. The predicted molar refractivity (Wildman–Crippen MR) is 203 cm³/mol. The minimum Gasteiger partial charge on any atom is -0.395 e. The molecule has 6 aromatic rings. The normalized spacial score (nSPS) is 14.7. The molecule has 0 radical (unpaired) electrons. The molecule has 2 aliphatic rings. The van der Waals surface area contributed by atoms with Crippen LogP contribution >= 0.6 is 0 Å². The van der Waals surface area contributed by atoms with E-state index < -0.39 is 105 Å². The third-order valence-electron chi connectivity index (χ3n) is 9.84. The van der Waals surface area contributed by atoms with E-state index in [4.69, 9.17) is 0 Å². The molecule has 0 bridgehead atoms. The summed E-state index contributed by atoms with van der Waals surface area (Å²) in [6.45, 7) is -2.92. The summed E-state index contributed by atoms with van der Waals surface area (Å²) >= 11 is 0. The van der Waals surface area contributed by atoms with E-state index >= 15 is 0 Å². The number of carbonyl (C=O) groups is 2. The van der Waals surface area contributed by atoms with Gasteiger partial charge in [0.2, 0.25) is 11.8 Å². The predicted octanol–water partition coefficient (Wildman–Crippen LogP) is 1.47. The van der Waals surface area contributed by atoms with Crippen LogP contribution in [0.4, 0.5) is 26.3 Å². The van der Waals surface area contributed by atoms with Gasteiger partial charge in [-0.05, 0) is 36.4 Å². The Labute approximate surface area is 358 Å². The minimum absolute atomic E-state index is 0.00549. The molecule has 0 spiro atoms. The van der Waals surface area contributed by atoms with Crippen LogP contribution in [0.5, 0.6) is 0 Å². The molecule has 8 rings (SSSR count). The van der Waals surface area contributed by atoms with E-state index in [9.17, 15) is 63.0 Å². The van der Waals surface area contributed by atoms with Gasteiger partial charge in [0.1, 0.15) is 36.6 Å². The molecular formula is C36H34F6N12O8S2. The van der Waals surface area contributed by atoms with Crippen molar-refractivity contribution in [3.63, 3.8) is 0 Å². The number of aliphatic hydroxyl groups is 2. The lowest BCUT2D eigenvalue weighted by molar-refractivity contribution is -0.135. The first-order chi connectivity index (χ1) is 30.4. The van der Waals surface area contributed by atoms with E-state index in [2.05, 4.69) is 30.4 Å². The van der Waals surface area contributed by atoms with Gasteiger partial charge in [-0.3, -0.25) is 28.9 Å². The highest BCUT2D eigenvalue weighted by atomic mass is 32.2. The summed E-state index contributed by atoms with van der Waals surface area (Å²) < 4.78 is 132. The summed E-state index contributed by atoms with van der Waals surface area (Å²) in [6.07, 6.45) is 1.91. The molecule has 340 valence electrons. The molecule has 0 aliphatic carbocycles. The lowest BCUT2D eigenvalue weighted by Crippen LogP contribution is -2.34. The lowest BCUT2D eigenvalue weighted by atomic mass is 10.0. The number of hydrogen-bond donors (Lipinski definition) is 2. The summed E-state index contributed by atoms with van der Waals surface area (Å²) in [5, 5.41) is 33.7. The first kappa shape index (κ1) is 45.5. The van der Waals surface area contributed by atoms with E-state index in [0.29, 0.717) is 30.7 Å². The third kappa shape index (κ3) is 9.24. The van der Waals surface area contributed by atoms with Gasteiger partial charge in [-0.2, -0.15) is 45.4 Å². The van der Waals surface area contributed by atoms with E-state index in [-0.39, 0.29) is 37.6 Å². The molecule has 2 aliphatic heterocycles. The fourth-order valence-electron chi connectivity index (χ4n) is 6.76. The van der Waals surface area contributed by atoms with E-state index in [1.807, 2.05) is 0 Å². The first-order valence-electron chi connectivity index (χ1n) is 18.7. The van der Waals surface area contributed by atoms with Gasteiger partial charge in [0.15, 0.2) is 10.1 Å². The monoisotopic (exact) mass is 940 g/mol. The zero-order chi connectivity index (χ0) is 46.1. The molecule has 0 aromatic carbocycles. The molecule has 0 saturated heterocycles. The van der Waals surface area contributed by atoms with Crippen molar-refractivity contribution in [2.45, 2.75) is 74.0 Å². The maximum atomic E-state index is 14.0. The van der Waals surface area contributed by atoms with Crippen molar-refractivity contribution in [2.24, 2.45) is 0 Å². The maximum absolute atomic E-state index is 14.0. The van der Waals surface area contributed by atoms with Crippen LogP contribution in [0.15, 0.2) is 83.6 Å². The topological polar surface area (TPSA) is 246 Å². The van der Waals surface area contributed by atoms with Gasteiger partial charge in [0.25, 0.3) is 12.9 Å². The Hall–Kier alpha value is -6.52. The Morgan fingerprint density at radius 2 is 1.00 bits per heavy atom. The van der Waals surface area contributed by atoms with Gasteiger partial charge in [-0.15, -0.1) is 0 Å². The molecule has 8 heterocycles. The van der Waals surface area contributed by atoms with E-state index in [1.165, 1.54) is 46.7 Å².